The van der Waals surface area contributed by atoms with Crippen LogP contribution in [0.1, 0.15) is 31.2 Å². The Morgan fingerprint density at radius 1 is 1.06 bits per heavy atom. The normalized spacial score (nSPS) is 20.3. The first kappa shape index (κ1) is 21.3. The summed E-state index contributed by atoms with van der Waals surface area (Å²) < 4.78 is 5.57. The Balaban J connectivity index is 1.46. The summed E-state index contributed by atoms with van der Waals surface area (Å²) >= 11 is 0. The number of ether oxygens (including phenoxy) is 1. The second kappa shape index (κ2) is 8.78. The fraction of sp³-hybridized carbons (Fsp3) is 0.500. The van der Waals surface area contributed by atoms with Crippen LogP contribution < -0.4 is 4.90 Å². The van der Waals surface area contributed by atoms with Gasteiger partial charge in [0.2, 0.25) is 0 Å². The van der Waals surface area contributed by atoms with E-state index >= 15 is 0 Å². The molecule has 170 valence electrons. The number of anilines is 1. The fourth-order valence-corrected chi connectivity index (χ4v) is 5.15. The second-order valence-electron chi connectivity index (χ2n) is 8.92. The molecule has 0 amide bonds. The van der Waals surface area contributed by atoms with Gasteiger partial charge < -0.3 is 29.9 Å². The molecular weight excluding hydrogens is 408 g/mol. The lowest BCUT2D eigenvalue weighted by molar-refractivity contribution is -0.0598. The van der Waals surface area contributed by atoms with Gasteiger partial charge in [-0.15, -0.1) is 0 Å². The van der Waals surface area contributed by atoms with Crippen LogP contribution in [0.15, 0.2) is 36.7 Å². The molecule has 0 bridgehead atoms. The highest BCUT2D eigenvalue weighted by atomic mass is 16.5. The Morgan fingerprint density at radius 2 is 1.81 bits per heavy atom. The Bertz CT molecular complexity index is 1060. The number of aliphatic hydroxyl groups excluding tert-OH is 2. The highest BCUT2D eigenvalue weighted by Crippen LogP contribution is 2.37. The van der Waals surface area contributed by atoms with Crippen LogP contribution in [0, 0.1) is 5.92 Å². The average Bonchev–Trinajstić information content (AvgIpc) is 3.51. The number of H-pyrrole nitrogens is 1. The molecule has 2 aromatic heterocycles. The summed E-state index contributed by atoms with van der Waals surface area (Å²) in [5.41, 5.74) is 1.46. The Hall–Kier alpha value is -2.52. The highest BCUT2D eigenvalue weighted by Gasteiger charge is 2.34. The zero-order valence-corrected chi connectivity index (χ0v) is 18.1. The van der Waals surface area contributed by atoms with Gasteiger partial charge in [-0.3, -0.25) is 0 Å². The van der Waals surface area contributed by atoms with Crippen molar-refractivity contribution in [2.24, 2.45) is 5.92 Å². The SMILES string of the molecule is OCC(O)(CO)c1ccc(-c2cc3c(N4CCCC4C4CCOCC4)ncnc3[nH]2)cc1. The van der Waals surface area contributed by atoms with Crippen LogP contribution in [0.2, 0.25) is 0 Å². The van der Waals surface area contributed by atoms with E-state index in [0.717, 1.165) is 60.7 Å². The number of aliphatic hydroxyl groups is 3. The van der Waals surface area contributed by atoms with Crippen LogP contribution in [0.5, 0.6) is 0 Å². The van der Waals surface area contributed by atoms with Crippen molar-refractivity contribution < 1.29 is 20.1 Å². The fourth-order valence-electron chi connectivity index (χ4n) is 5.15. The van der Waals surface area contributed by atoms with Crippen molar-refractivity contribution in [1.29, 1.82) is 0 Å². The Morgan fingerprint density at radius 3 is 2.53 bits per heavy atom. The van der Waals surface area contributed by atoms with Crippen LogP contribution in [-0.4, -0.2) is 69.3 Å². The van der Waals surface area contributed by atoms with Crippen molar-refractivity contribution >= 4 is 16.9 Å². The minimum absolute atomic E-state index is 0.471. The number of hydrogen-bond donors (Lipinski definition) is 4. The number of benzene rings is 1. The molecular formula is C24H30N4O4. The topological polar surface area (TPSA) is 115 Å². The van der Waals surface area contributed by atoms with Gasteiger partial charge >= 0.3 is 0 Å². The molecule has 4 N–H and O–H groups in total. The van der Waals surface area contributed by atoms with Crippen LogP contribution in [-0.2, 0) is 10.3 Å². The molecule has 8 nitrogen and oxygen atoms in total. The van der Waals surface area contributed by atoms with Crippen molar-refractivity contribution in [3.05, 3.63) is 42.2 Å². The van der Waals surface area contributed by atoms with Gasteiger partial charge in [0.15, 0.2) is 0 Å². The van der Waals surface area contributed by atoms with E-state index in [1.165, 1.54) is 12.8 Å². The summed E-state index contributed by atoms with van der Waals surface area (Å²) in [5, 5.41) is 30.2. The molecule has 0 aliphatic carbocycles. The van der Waals surface area contributed by atoms with Gasteiger partial charge in [-0.2, -0.15) is 0 Å². The summed E-state index contributed by atoms with van der Waals surface area (Å²) in [7, 11) is 0. The van der Waals surface area contributed by atoms with E-state index in [-0.39, 0.29) is 0 Å². The molecule has 5 rings (SSSR count). The minimum atomic E-state index is -1.65. The van der Waals surface area contributed by atoms with Gasteiger partial charge in [0.05, 0.1) is 18.6 Å². The average molecular weight is 439 g/mol. The molecule has 1 atom stereocenters. The third-order valence-corrected chi connectivity index (χ3v) is 7.04. The lowest BCUT2D eigenvalue weighted by Crippen LogP contribution is -2.38. The number of hydrogen-bond acceptors (Lipinski definition) is 7. The van der Waals surface area contributed by atoms with Gasteiger partial charge in [0.25, 0.3) is 0 Å². The summed E-state index contributed by atoms with van der Waals surface area (Å²) in [5.74, 6) is 1.62. The predicted molar refractivity (Wildman–Crippen MR) is 121 cm³/mol. The quantitative estimate of drug-likeness (QED) is 0.466. The van der Waals surface area contributed by atoms with Gasteiger partial charge in [-0.25, -0.2) is 9.97 Å². The van der Waals surface area contributed by atoms with E-state index in [1.807, 2.05) is 12.1 Å². The minimum Gasteiger partial charge on any atom is -0.393 e. The van der Waals surface area contributed by atoms with E-state index in [1.54, 1.807) is 18.5 Å². The first-order valence-corrected chi connectivity index (χ1v) is 11.4. The number of fused-ring (bicyclic) bond motifs is 1. The third-order valence-electron chi connectivity index (χ3n) is 7.04. The Labute approximate surface area is 186 Å². The summed E-state index contributed by atoms with van der Waals surface area (Å²) in [6.45, 7) is 1.61. The third kappa shape index (κ3) is 3.77. The summed E-state index contributed by atoms with van der Waals surface area (Å²) in [6, 6.07) is 9.75. The molecule has 2 saturated heterocycles. The van der Waals surface area contributed by atoms with Crippen LogP contribution in [0.4, 0.5) is 5.82 Å². The zero-order valence-electron chi connectivity index (χ0n) is 18.1. The molecule has 8 heteroatoms. The molecule has 4 heterocycles. The van der Waals surface area contributed by atoms with E-state index < -0.39 is 18.8 Å². The smallest absolute Gasteiger partial charge is 0.143 e. The molecule has 0 saturated carbocycles. The van der Waals surface area contributed by atoms with Crippen molar-refractivity contribution in [1.82, 2.24) is 15.0 Å². The predicted octanol–water partition coefficient (Wildman–Crippen LogP) is 2.19. The molecule has 2 aliphatic heterocycles. The van der Waals surface area contributed by atoms with E-state index in [9.17, 15) is 15.3 Å². The molecule has 1 unspecified atom stereocenters. The first-order valence-electron chi connectivity index (χ1n) is 11.4. The summed E-state index contributed by atoms with van der Waals surface area (Å²) in [6.07, 6.45) is 6.20. The molecule has 3 aromatic rings. The van der Waals surface area contributed by atoms with Crippen molar-refractivity contribution in [3.8, 4) is 11.3 Å². The standard InChI is InChI=1S/C24H30N4O4/c29-13-24(31,14-30)18-5-3-16(4-6-18)20-12-19-22(27-20)25-15-26-23(19)28-9-1-2-21(28)17-7-10-32-11-8-17/h3-6,12,15,17,21,29-31H,1-2,7-11,13-14H2,(H,25,26,27). The van der Waals surface area contributed by atoms with Crippen LogP contribution in [0.3, 0.4) is 0 Å². The van der Waals surface area contributed by atoms with Crippen LogP contribution in [0.25, 0.3) is 22.3 Å². The summed E-state index contributed by atoms with van der Waals surface area (Å²) in [4.78, 5) is 15.0. The number of aromatic amines is 1. The zero-order chi connectivity index (χ0) is 22.1. The largest absolute Gasteiger partial charge is 0.393 e. The number of aromatic nitrogens is 3. The lowest BCUT2D eigenvalue weighted by atomic mass is 9.90. The Kier molecular flexibility index (Phi) is 5.86. The molecule has 0 spiro atoms. The molecule has 2 aliphatic rings. The van der Waals surface area contributed by atoms with E-state index in [2.05, 4.69) is 25.9 Å². The van der Waals surface area contributed by atoms with Gasteiger partial charge in [0.1, 0.15) is 23.4 Å². The number of nitrogens with one attached hydrogen (secondary N) is 1. The van der Waals surface area contributed by atoms with E-state index in [4.69, 9.17) is 4.74 Å². The highest BCUT2D eigenvalue weighted by molar-refractivity contribution is 5.92. The maximum absolute atomic E-state index is 10.3. The van der Waals surface area contributed by atoms with Gasteiger partial charge in [-0.1, -0.05) is 24.3 Å². The molecule has 0 radical (unpaired) electrons. The lowest BCUT2D eigenvalue weighted by Gasteiger charge is -2.34. The molecule has 1 aromatic carbocycles. The first-order chi connectivity index (χ1) is 15.6. The monoisotopic (exact) mass is 438 g/mol. The number of nitrogens with zero attached hydrogens (tertiary/aromatic N) is 3. The van der Waals surface area contributed by atoms with E-state index in [0.29, 0.717) is 17.5 Å². The van der Waals surface area contributed by atoms with Crippen molar-refractivity contribution in [2.45, 2.75) is 37.3 Å². The van der Waals surface area contributed by atoms with Crippen molar-refractivity contribution in [2.75, 3.05) is 37.9 Å². The van der Waals surface area contributed by atoms with Gasteiger partial charge in [-0.05, 0) is 48.8 Å². The second-order valence-corrected chi connectivity index (χ2v) is 8.92. The molecule has 32 heavy (non-hydrogen) atoms. The molecule has 2 fully saturated rings. The number of rotatable bonds is 6. The maximum Gasteiger partial charge on any atom is 0.143 e. The van der Waals surface area contributed by atoms with Crippen molar-refractivity contribution in [3.63, 3.8) is 0 Å². The van der Waals surface area contributed by atoms with Crippen LogP contribution >= 0.6 is 0 Å². The van der Waals surface area contributed by atoms with Gasteiger partial charge in [0, 0.05) is 31.5 Å². The maximum atomic E-state index is 10.3.